The van der Waals surface area contributed by atoms with E-state index in [0.29, 0.717) is 23.4 Å². The van der Waals surface area contributed by atoms with Crippen molar-refractivity contribution in [1.29, 1.82) is 0 Å². The summed E-state index contributed by atoms with van der Waals surface area (Å²) in [7, 11) is 0. The second-order valence-corrected chi connectivity index (χ2v) is 19.0. The molecule has 2 aromatic heterocycles. The fourth-order valence-corrected chi connectivity index (χ4v) is 12.4. The van der Waals surface area contributed by atoms with E-state index in [4.69, 9.17) is 0 Å². The minimum Gasteiger partial charge on any atom is -0.308 e. The molecule has 3 nitrogen and oxygen atoms in total. The summed E-state index contributed by atoms with van der Waals surface area (Å²) in [6, 6.07) is 29.7. The summed E-state index contributed by atoms with van der Waals surface area (Å²) in [5.74, 6) is 1.51. The van der Waals surface area contributed by atoms with E-state index in [1.165, 1.54) is 60.1 Å². The molecule has 2 saturated carbocycles. The molecule has 2 heterocycles. The number of nitrogens with zero attached hydrogens (tertiary/aromatic N) is 1. The molecule has 0 atom stereocenters. The summed E-state index contributed by atoms with van der Waals surface area (Å²) >= 11 is 0. The van der Waals surface area contributed by atoms with Gasteiger partial charge >= 0.3 is 0 Å². The predicted octanol–water partition coefficient (Wildman–Crippen LogP) is 13.0. The van der Waals surface area contributed by atoms with Gasteiger partial charge in [-0.25, -0.2) is 0 Å². The van der Waals surface area contributed by atoms with Gasteiger partial charge in [0.25, 0.3) is 0 Å². The molecule has 3 heteroatoms. The van der Waals surface area contributed by atoms with E-state index < -0.39 is 0 Å². The van der Waals surface area contributed by atoms with Gasteiger partial charge in [0, 0.05) is 43.5 Å². The third kappa shape index (κ3) is 3.82. The predicted molar refractivity (Wildman–Crippen MR) is 219 cm³/mol. The van der Waals surface area contributed by atoms with Crippen LogP contribution in [0.4, 0.5) is 0 Å². The first-order valence-electron chi connectivity index (χ1n) is 20.3. The standard InChI is InChI=1S/C50H49NO2/c1-28(2)49-18-14-47(5,15-19-49)45(52)38-26-42-34(24-40(38)49)36-22-31(33-13-9-11-30-10-7-8-12-32(30)33)23-37-35-25-41-39(27-43(35)51(42)44(36)37)46(53)48(6)16-20-50(41,21-17-48)29(3)4/h7-13,22-29H,14-21H2,1-6H3. The van der Waals surface area contributed by atoms with Crippen molar-refractivity contribution in [2.24, 2.45) is 22.7 Å². The number of carbonyl (C=O) groups excluding carboxylic acids is 2. The second kappa shape index (κ2) is 10.2. The summed E-state index contributed by atoms with van der Waals surface area (Å²) in [6.45, 7) is 13.9. The molecule has 53 heavy (non-hydrogen) atoms. The molecule has 0 unspecified atom stereocenters. The minimum atomic E-state index is -0.317. The van der Waals surface area contributed by atoms with Crippen LogP contribution in [0.3, 0.4) is 0 Å². The van der Waals surface area contributed by atoms with Gasteiger partial charge in [-0.1, -0.05) is 84.0 Å². The van der Waals surface area contributed by atoms with Crippen molar-refractivity contribution in [3.05, 3.63) is 101 Å². The first kappa shape index (κ1) is 32.0. The van der Waals surface area contributed by atoms with Crippen molar-refractivity contribution in [2.45, 2.75) is 104 Å². The molecule has 0 amide bonds. The van der Waals surface area contributed by atoms with E-state index in [1.807, 2.05) is 0 Å². The SMILES string of the molecule is CC(C)C12CCC(C)(CC1)C(=O)c1cc3c(cc12)c1cc(-c2cccc4ccccc24)cc2c4cc5c(cc4n3c12)C(=O)C1(C)CCC5(C(C)C)CC1. The molecule has 7 aromatic rings. The van der Waals surface area contributed by atoms with Crippen molar-refractivity contribution in [1.82, 2.24) is 4.40 Å². The molecule has 0 spiro atoms. The lowest BCUT2D eigenvalue weighted by atomic mass is 9.60. The molecule has 0 radical (unpaired) electrons. The van der Waals surface area contributed by atoms with Crippen LogP contribution in [0.15, 0.2) is 78.9 Å². The van der Waals surface area contributed by atoms with Crippen molar-refractivity contribution in [3.8, 4) is 11.1 Å². The van der Waals surface area contributed by atoms with Crippen LogP contribution in [-0.4, -0.2) is 16.0 Å². The van der Waals surface area contributed by atoms with Crippen LogP contribution in [0.1, 0.15) is 125 Å². The highest BCUT2D eigenvalue weighted by molar-refractivity contribution is 6.26. The summed E-state index contributed by atoms with van der Waals surface area (Å²) < 4.78 is 2.44. The lowest BCUT2D eigenvalue weighted by molar-refractivity contribution is 0.0683. The number of rotatable bonds is 3. The highest BCUT2D eigenvalue weighted by Gasteiger charge is 2.53. The normalized spacial score (nSPS) is 28.3. The first-order valence-corrected chi connectivity index (χ1v) is 20.3. The zero-order valence-electron chi connectivity index (χ0n) is 32.1. The molecule has 6 aliphatic rings. The maximum atomic E-state index is 14.7. The number of hydrogen-bond acceptors (Lipinski definition) is 2. The summed E-state index contributed by atoms with van der Waals surface area (Å²) in [5, 5.41) is 7.42. The zero-order valence-corrected chi connectivity index (χ0v) is 32.1. The smallest absolute Gasteiger partial charge is 0.169 e. The molecular formula is C50H49NO2. The van der Waals surface area contributed by atoms with E-state index in [-0.39, 0.29) is 21.7 Å². The Morgan fingerprint density at radius 1 is 0.509 bits per heavy atom. The van der Waals surface area contributed by atoms with Crippen LogP contribution in [0.5, 0.6) is 0 Å². The Labute approximate surface area is 312 Å². The zero-order chi connectivity index (χ0) is 36.4. The quantitative estimate of drug-likeness (QED) is 0.185. The number of hydrogen-bond donors (Lipinski definition) is 0. The Bertz CT molecular complexity index is 2610. The van der Waals surface area contributed by atoms with Gasteiger partial charge in [0.2, 0.25) is 0 Å². The van der Waals surface area contributed by atoms with Crippen LogP contribution < -0.4 is 0 Å². The molecule has 13 rings (SSSR count). The van der Waals surface area contributed by atoms with Crippen LogP contribution in [0, 0.1) is 22.7 Å². The molecule has 5 aromatic carbocycles. The fraction of sp³-hybridized carbons (Fsp3) is 0.400. The Morgan fingerprint density at radius 2 is 0.981 bits per heavy atom. The highest BCUT2D eigenvalue weighted by atomic mass is 16.1. The Kier molecular flexibility index (Phi) is 6.13. The maximum Gasteiger partial charge on any atom is 0.169 e. The Hall–Kier alpha value is -4.50. The number of Topliss-reactive ketones (excluding diaryl/α,β-unsaturated/α-hetero) is 2. The summed E-state index contributed by atoms with van der Waals surface area (Å²) in [4.78, 5) is 29.4. The van der Waals surface area contributed by atoms with Crippen LogP contribution in [0.2, 0.25) is 0 Å². The number of fused-ring (bicyclic) bond motifs is 11. The second-order valence-electron chi connectivity index (χ2n) is 19.0. The minimum absolute atomic E-state index is 0.00859. The van der Waals surface area contributed by atoms with E-state index in [0.717, 1.165) is 73.5 Å². The van der Waals surface area contributed by atoms with Gasteiger partial charge in [-0.2, -0.15) is 0 Å². The Morgan fingerprint density at radius 3 is 1.47 bits per heavy atom. The lowest BCUT2D eigenvalue weighted by Gasteiger charge is -2.44. The van der Waals surface area contributed by atoms with Crippen molar-refractivity contribution >= 4 is 60.4 Å². The molecular weight excluding hydrogens is 647 g/mol. The molecule has 0 saturated heterocycles. The average molecular weight is 696 g/mol. The van der Waals surface area contributed by atoms with Crippen molar-refractivity contribution in [2.75, 3.05) is 0 Å². The molecule has 4 bridgehead atoms. The van der Waals surface area contributed by atoms with Crippen LogP contribution in [0.25, 0.3) is 60.0 Å². The van der Waals surface area contributed by atoms with Gasteiger partial charge in [0.1, 0.15) is 0 Å². The molecule has 0 aliphatic heterocycles. The number of ketones is 2. The third-order valence-corrected chi connectivity index (χ3v) is 16.1. The van der Waals surface area contributed by atoms with E-state index in [9.17, 15) is 9.59 Å². The first-order chi connectivity index (χ1) is 25.4. The molecule has 2 fully saturated rings. The van der Waals surface area contributed by atoms with Gasteiger partial charge in [-0.05, 0) is 143 Å². The maximum absolute atomic E-state index is 14.7. The van der Waals surface area contributed by atoms with E-state index >= 15 is 0 Å². The molecule has 6 aliphatic carbocycles. The third-order valence-electron chi connectivity index (χ3n) is 16.1. The van der Waals surface area contributed by atoms with E-state index in [1.54, 1.807) is 0 Å². The summed E-state index contributed by atoms with van der Waals surface area (Å²) in [6.07, 6.45) is 8.04. The van der Waals surface area contributed by atoms with Crippen LogP contribution in [-0.2, 0) is 10.8 Å². The van der Waals surface area contributed by atoms with Gasteiger partial charge in [-0.3, -0.25) is 9.59 Å². The Balaban J connectivity index is 1.32. The lowest BCUT2D eigenvalue weighted by Crippen LogP contribution is -2.38. The highest BCUT2D eigenvalue weighted by Crippen LogP contribution is 2.59. The summed E-state index contributed by atoms with van der Waals surface area (Å²) in [5.41, 5.74) is 9.61. The van der Waals surface area contributed by atoms with Gasteiger partial charge in [-0.15, -0.1) is 0 Å². The topological polar surface area (TPSA) is 38.5 Å². The fourth-order valence-electron chi connectivity index (χ4n) is 12.4. The van der Waals surface area contributed by atoms with Gasteiger partial charge in [0.05, 0.1) is 16.6 Å². The monoisotopic (exact) mass is 695 g/mol. The molecule has 0 N–H and O–H groups in total. The van der Waals surface area contributed by atoms with E-state index in [2.05, 4.69) is 125 Å². The number of benzene rings is 5. The van der Waals surface area contributed by atoms with Gasteiger partial charge < -0.3 is 4.40 Å². The van der Waals surface area contributed by atoms with Crippen molar-refractivity contribution in [3.63, 3.8) is 0 Å². The van der Waals surface area contributed by atoms with Crippen molar-refractivity contribution < 1.29 is 9.59 Å². The number of carbonyl (C=O) groups is 2. The average Bonchev–Trinajstić information content (AvgIpc) is 3.55. The van der Waals surface area contributed by atoms with Gasteiger partial charge in [0.15, 0.2) is 11.6 Å². The largest absolute Gasteiger partial charge is 0.308 e. The van der Waals surface area contributed by atoms with Crippen LogP contribution >= 0.6 is 0 Å². The molecule has 266 valence electrons. The number of aromatic nitrogens is 1.